The lowest BCUT2D eigenvalue weighted by Crippen LogP contribution is -2.12. The molecule has 1 aromatic rings. The first kappa shape index (κ1) is 11.0. The molecule has 84 valence electrons. The van der Waals surface area contributed by atoms with Gasteiger partial charge in [0.2, 0.25) is 0 Å². The Labute approximate surface area is 97.7 Å². The second-order valence-corrected chi connectivity index (χ2v) is 4.62. The molecule has 0 bridgehead atoms. The minimum Gasteiger partial charge on any atom is -0.398 e. The summed E-state index contributed by atoms with van der Waals surface area (Å²) >= 11 is 0. The van der Waals surface area contributed by atoms with Crippen molar-refractivity contribution in [2.75, 3.05) is 0 Å². The molecular formula is C15H19N. The van der Waals surface area contributed by atoms with Crippen LogP contribution in [0.1, 0.15) is 32.3 Å². The summed E-state index contributed by atoms with van der Waals surface area (Å²) in [6.07, 6.45) is 4.48. The number of benzene rings is 1. The third-order valence-corrected chi connectivity index (χ3v) is 3.18. The minimum absolute atomic E-state index is 0.549. The molecule has 1 nitrogen and oxygen atoms in total. The van der Waals surface area contributed by atoms with Crippen molar-refractivity contribution in [3.63, 3.8) is 0 Å². The van der Waals surface area contributed by atoms with Crippen LogP contribution in [0.2, 0.25) is 0 Å². The predicted molar refractivity (Wildman–Crippen MR) is 69.7 cm³/mol. The molecule has 0 unspecified atom stereocenters. The number of hydrogen-bond donors (Lipinski definition) is 1. The molecular weight excluding hydrogens is 194 g/mol. The van der Waals surface area contributed by atoms with Gasteiger partial charge in [-0.1, -0.05) is 50.3 Å². The van der Waals surface area contributed by atoms with Crippen molar-refractivity contribution in [1.82, 2.24) is 0 Å². The molecule has 1 aliphatic rings. The molecule has 0 aliphatic heterocycles. The van der Waals surface area contributed by atoms with E-state index in [0.717, 1.165) is 18.5 Å². The fourth-order valence-corrected chi connectivity index (χ4v) is 2.28. The van der Waals surface area contributed by atoms with Gasteiger partial charge in [0.15, 0.2) is 0 Å². The highest BCUT2D eigenvalue weighted by molar-refractivity contribution is 5.79. The first-order chi connectivity index (χ1) is 7.70. The lowest BCUT2D eigenvalue weighted by molar-refractivity contribution is 0.699. The Morgan fingerprint density at radius 1 is 1.12 bits per heavy atom. The Morgan fingerprint density at radius 3 is 2.44 bits per heavy atom. The Morgan fingerprint density at radius 2 is 1.81 bits per heavy atom. The highest BCUT2D eigenvalue weighted by Gasteiger charge is 2.16. The molecule has 0 heterocycles. The second-order valence-electron chi connectivity index (χ2n) is 4.62. The first-order valence-electron chi connectivity index (χ1n) is 5.94. The van der Waals surface area contributed by atoms with Gasteiger partial charge in [-0.25, -0.2) is 0 Å². The number of rotatable bonds is 2. The first-order valence-corrected chi connectivity index (χ1v) is 5.94. The molecule has 0 amide bonds. The van der Waals surface area contributed by atoms with Crippen LogP contribution in [-0.4, -0.2) is 0 Å². The summed E-state index contributed by atoms with van der Waals surface area (Å²) in [5.74, 6) is 0.549. The molecule has 0 atom stereocenters. The molecule has 2 rings (SSSR count). The van der Waals surface area contributed by atoms with Gasteiger partial charge in [-0.2, -0.15) is 0 Å². The smallest absolute Gasteiger partial charge is 0.0385 e. The Bertz CT molecular complexity index is 424. The van der Waals surface area contributed by atoms with E-state index in [1.165, 1.54) is 16.7 Å². The zero-order valence-electron chi connectivity index (χ0n) is 10.0. The molecule has 1 aromatic carbocycles. The van der Waals surface area contributed by atoms with Crippen LogP contribution in [-0.2, 0) is 0 Å². The molecule has 2 N–H and O–H groups in total. The fourth-order valence-electron chi connectivity index (χ4n) is 2.28. The van der Waals surface area contributed by atoms with E-state index in [9.17, 15) is 0 Å². The van der Waals surface area contributed by atoms with E-state index in [4.69, 9.17) is 5.73 Å². The van der Waals surface area contributed by atoms with E-state index in [1.54, 1.807) is 0 Å². The second kappa shape index (κ2) is 4.56. The van der Waals surface area contributed by atoms with Crippen LogP contribution in [0.25, 0.3) is 5.57 Å². The maximum Gasteiger partial charge on any atom is 0.0385 e. The van der Waals surface area contributed by atoms with Crippen molar-refractivity contribution in [3.05, 3.63) is 53.2 Å². The number of hydrogen-bond acceptors (Lipinski definition) is 1. The van der Waals surface area contributed by atoms with E-state index in [2.05, 4.69) is 44.2 Å². The van der Waals surface area contributed by atoms with Crippen LogP contribution >= 0.6 is 0 Å². The number of nitrogens with two attached hydrogens (primary N) is 1. The van der Waals surface area contributed by atoms with Crippen LogP contribution in [0.3, 0.4) is 0 Å². The zero-order valence-corrected chi connectivity index (χ0v) is 10.0. The SMILES string of the molecule is CC(C)C1=C(N)C(c2ccccc2)=CCC1. The van der Waals surface area contributed by atoms with Crippen LogP contribution in [0.4, 0.5) is 0 Å². The van der Waals surface area contributed by atoms with Crippen molar-refractivity contribution in [2.45, 2.75) is 26.7 Å². The van der Waals surface area contributed by atoms with E-state index < -0.39 is 0 Å². The number of allylic oxidation sites excluding steroid dienone is 3. The highest BCUT2D eigenvalue weighted by Crippen LogP contribution is 2.32. The topological polar surface area (TPSA) is 26.0 Å². The summed E-state index contributed by atoms with van der Waals surface area (Å²) in [6, 6.07) is 10.4. The van der Waals surface area contributed by atoms with Gasteiger partial charge in [-0.15, -0.1) is 0 Å². The van der Waals surface area contributed by atoms with E-state index >= 15 is 0 Å². The minimum atomic E-state index is 0.549. The lowest BCUT2D eigenvalue weighted by atomic mass is 9.86. The lowest BCUT2D eigenvalue weighted by Gasteiger charge is -2.21. The fraction of sp³-hybridized carbons (Fsp3) is 0.333. The molecule has 0 saturated heterocycles. The molecule has 1 aliphatic carbocycles. The maximum atomic E-state index is 6.27. The third kappa shape index (κ3) is 2.04. The summed E-state index contributed by atoms with van der Waals surface area (Å²) in [7, 11) is 0. The summed E-state index contributed by atoms with van der Waals surface area (Å²) in [4.78, 5) is 0. The van der Waals surface area contributed by atoms with Crippen molar-refractivity contribution in [1.29, 1.82) is 0 Å². The largest absolute Gasteiger partial charge is 0.398 e. The Kier molecular flexibility index (Phi) is 3.14. The standard InChI is InChI=1S/C15H19N/c1-11(2)13-9-6-10-14(15(13)16)12-7-4-3-5-8-12/h3-5,7-8,10-11H,6,9,16H2,1-2H3. The van der Waals surface area contributed by atoms with Gasteiger partial charge in [0, 0.05) is 11.3 Å². The highest BCUT2D eigenvalue weighted by atomic mass is 14.6. The molecule has 1 heteroatoms. The average Bonchev–Trinajstić information content (AvgIpc) is 2.30. The zero-order chi connectivity index (χ0) is 11.5. The van der Waals surface area contributed by atoms with Gasteiger partial charge >= 0.3 is 0 Å². The van der Waals surface area contributed by atoms with E-state index in [1.807, 2.05) is 6.07 Å². The van der Waals surface area contributed by atoms with Crippen molar-refractivity contribution in [3.8, 4) is 0 Å². The third-order valence-electron chi connectivity index (χ3n) is 3.18. The van der Waals surface area contributed by atoms with Gasteiger partial charge in [0.05, 0.1) is 0 Å². The normalized spacial score (nSPS) is 16.6. The summed E-state index contributed by atoms with van der Waals surface area (Å²) in [6.45, 7) is 4.44. The van der Waals surface area contributed by atoms with Crippen molar-refractivity contribution >= 4 is 5.57 Å². The van der Waals surface area contributed by atoms with Crippen molar-refractivity contribution < 1.29 is 0 Å². The molecule has 0 radical (unpaired) electrons. The summed E-state index contributed by atoms with van der Waals surface area (Å²) in [5, 5.41) is 0. The molecule has 0 aromatic heterocycles. The van der Waals surface area contributed by atoms with Gasteiger partial charge in [0.1, 0.15) is 0 Å². The summed E-state index contributed by atoms with van der Waals surface area (Å²) in [5.41, 5.74) is 11.1. The molecule has 0 spiro atoms. The van der Waals surface area contributed by atoms with Gasteiger partial charge < -0.3 is 5.73 Å². The molecule has 0 saturated carbocycles. The van der Waals surface area contributed by atoms with Crippen LogP contribution in [0, 0.1) is 5.92 Å². The monoisotopic (exact) mass is 213 g/mol. The van der Waals surface area contributed by atoms with Gasteiger partial charge in [-0.3, -0.25) is 0 Å². The average molecular weight is 213 g/mol. The van der Waals surface area contributed by atoms with E-state index in [0.29, 0.717) is 5.92 Å². The maximum absolute atomic E-state index is 6.27. The molecule has 16 heavy (non-hydrogen) atoms. The quantitative estimate of drug-likeness (QED) is 0.795. The van der Waals surface area contributed by atoms with Crippen LogP contribution in [0.15, 0.2) is 47.7 Å². The van der Waals surface area contributed by atoms with Crippen molar-refractivity contribution in [2.24, 2.45) is 11.7 Å². The van der Waals surface area contributed by atoms with E-state index in [-0.39, 0.29) is 0 Å². The Balaban J connectivity index is 2.40. The Hall–Kier alpha value is -1.50. The summed E-state index contributed by atoms with van der Waals surface area (Å²) < 4.78 is 0. The van der Waals surface area contributed by atoms with Gasteiger partial charge in [-0.05, 0) is 29.9 Å². The van der Waals surface area contributed by atoms with Gasteiger partial charge in [0.25, 0.3) is 0 Å². The van der Waals surface area contributed by atoms with Crippen LogP contribution < -0.4 is 5.73 Å². The predicted octanol–water partition coefficient (Wildman–Crippen LogP) is 3.73. The molecule has 0 fully saturated rings. The van der Waals surface area contributed by atoms with Crippen LogP contribution in [0.5, 0.6) is 0 Å².